The SMILES string of the molecule is CCOc1ccc(N)c(S(=O)(=O)C(C)C#N)c1. The van der Waals surface area contributed by atoms with Crippen LogP contribution in [-0.2, 0) is 9.84 Å². The normalized spacial score (nSPS) is 12.8. The van der Waals surface area contributed by atoms with Gasteiger partial charge in [0, 0.05) is 6.07 Å². The lowest BCUT2D eigenvalue weighted by atomic mass is 10.3. The van der Waals surface area contributed by atoms with E-state index in [9.17, 15) is 8.42 Å². The molecule has 0 aliphatic heterocycles. The molecule has 0 heterocycles. The largest absolute Gasteiger partial charge is 0.494 e. The molecule has 1 aromatic carbocycles. The lowest BCUT2D eigenvalue weighted by Gasteiger charge is -2.11. The highest BCUT2D eigenvalue weighted by atomic mass is 32.2. The maximum Gasteiger partial charge on any atom is 0.196 e. The Balaban J connectivity index is 3.31. The summed E-state index contributed by atoms with van der Waals surface area (Å²) in [5, 5.41) is 7.56. The Morgan fingerprint density at radius 1 is 1.53 bits per heavy atom. The van der Waals surface area contributed by atoms with Gasteiger partial charge < -0.3 is 10.5 Å². The first-order valence-electron chi connectivity index (χ1n) is 5.09. The average Bonchev–Trinajstić information content (AvgIpc) is 2.30. The molecule has 0 spiro atoms. The van der Waals surface area contributed by atoms with Crippen molar-refractivity contribution >= 4 is 15.5 Å². The molecule has 1 aromatic rings. The van der Waals surface area contributed by atoms with E-state index in [1.165, 1.54) is 19.1 Å². The number of hydrogen-bond donors (Lipinski definition) is 1. The first-order chi connectivity index (χ1) is 7.93. The summed E-state index contributed by atoms with van der Waals surface area (Å²) >= 11 is 0. The van der Waals surface area contributed by atoms with Crippen LogP contribution in [-0.4, -0.2) is 20.3 Å². The summed E-state index contributed by atoms with van der Waals surface area (Å²) in [4.78, 5) is -0.0579. The molecule has 1 unspecified atom stereocenters. The van der Waals surface area contributed by atoms with Gasteiger partial charge in [0.15, 0.2) is 9.84 Å². The van der Waals surface area contributed by atoms with Crippen LogP contribution in [0.1, 0.15) is 13.8 Å². The molecule has 0 aliphatic carbocycles. The van der Waals surface area contributed by atoms with Gasteiger partial charge in [-0.3, -0.25) is 0 Å². The Labute approximate surface area is 101 Å². The monoisotopic (exact) mass is 254 g/mol. The summed E-state index contributed by atoms with van der Waals surface area (Å²) in [5.41, 5.74) is 5.74. The van der Waals surface area contributed by atoms with Crippen LogP contribution in [0.25, 0.3) is 0 Å². The summed E-state index contributed by atoms with van der Waals surface area (Å²) in [5.74, 6) is 0.422. The number of anilines is 1. The van der Waals surface area contributed by atoms with Gasteiger partial charge >= 0.3 is 0 Å². The predicted octanol–water partition coefficient (Wildman–Crippen LogP) is 1.35. The highest BCUT2D eigenvalue weighted by Gasteiger charge is 2.25. The minimum Gasteiger partial charge on any atom is -0.494 e. The van der Waals surface area contributed by atoms with Gasteiger partial charge in [0.1, 0.15) is 11.0 Å². The lowest BCUT2D eigenvalue weighted by molar-refractivity contribution is 0.339. The van der Waals surface area contributed by atoms with Crippen molar-refractivity contribution in [2.75, 3.05) is 12.3 Å². The number of sulfone groups is 1. The molecule has 0 fully saturated rings. The molecular formula is C11H14N2O3S. The van der Waals surface area contributed by atoms with E-state index in [2.05, 4.69) is 0 Å². The summed E-state index contributed by atoms with van der Waals surface area (Å²) in [6, 6.07) is 6.10. The summed E-state index contributed by atoms with van der Waals surface area (Å²) in [7, 11) is -3.73. The van der Waals surface area contributed by atoms with E-state index < -0.39 is 15.1 Å². The quantitative estimate of drug-likeness (QED) is 0.819. The van der Waals surface area contributed by atoms with Gasteiger partial charge in [0.25, 0.3) is 0 Å². The standard InChI is InChI=1S/C11H14N2O3S/c1-3-16-9-4-5-10(13)11(6-9)17(14,15)8(2)7-12/h4-6,8H,3,13H2,1-2H3. The fourth-order valence-corrected chi connectivity index (χ4v) is 2.47. The van der Waals surface area contributed by atoms with E-state index in [1.54, 1.807) is 19.1 Å². The second-order valence-corrected chi connectivity index (χ2v) is 5.69. The average molecular weight is 254 g/mol. The maximum atomic E-state index is 12.0. The van der Waals surface area contributed by atoms with Gasteiger partial charge in [-0.1, -0.05) is 0 Å². The van der Waals surface area contributed by atoms with Crippen LogP contribution < -0.4 is 10.5 Å². The van der Waals surface area contributed by atoms with Crippen LogP contribution >= 0.6 is 0 Å². The number of nitrogen functional groups attached to an aromatic ring is 1. The number of nitrogens with two attached hydrogens (primary N) is 1. The van der Waals surface area contributed by atoms with Crippen LogP contribution in [0.3, 0.4) is 0 Å². The fourth-order valence-electron chi connectivity index (χ4n) is 1.28. The van der Waals surface area contributed by atoms with E-state index in [4.69, 9.17) is 15.7 Å². The van der Waals surface area contributed by atoms with Crippen LogP contribution in [0.5, 0.6) is 5.75 Å². The minimum absolute atomic E-state index is 0.0579. The molecule has 0 saturated heterocycles. The van der Waals surface area contributed by atoms with Crippen molar-refractivity contribution < 1.29 is 13.2 Å². The van der Waals surface area contributed by atoms with Crippen molar-refractivity contribution in [1.29, 1.82) is 5.26 Å². The molecule has 0 amide bonds. The molecule has 1 atom stereocenters. The molecule has 17 heavy (non-hydrogen) atoms. The van der Waals surface area contributed by atoms with E-state index in [-0.39, 0.29) is 10.6 Å². The molecule has 0 aliphatic rings. The zero-order valence-corrected chi connectivity index (χ0v) is 10.5. The van der Waals surface area contributed by atoms with E-state index >= 15 is 0 Å². The van der Waals surface area contributed by atoms with Gasteiger partial charge in [-0.05, 0) is 26.0 Å². The highest BCUT2D eigenvalue weighted by molar-refractivity contribution is 7.92. The zero-order chi connectivity index (χ0) is 13.1. The fraction of sp³-hybridized carbons (Fsp3) is 0.364. The van der Waals surface area contributed by atoms with Crippen LogP contribution in [0.4, 0.5) is 5.69 Å². The Kier molecular flexibility index (Phi) is 3.97. The van der Waals surface area contributed by atoms with Crippen molar-refractivity contribution in [1.82, 2.24) is 0 Å². The minimum atomic E-state index is -3.73. The van der Waals surface area contributed by atoms with Gasteiger partial charge in [0.2, 0.25) is 0 Å². The third-order valence-electron chi connectivity index (χ3n) is 2.25. The molecule has 6 heteroatoms. The lowest BCUT2D eigenvalue weighted by Crippen LogP contribution is -2.17. The van der Waals surface area contributed by atoms with Crippen LogP contribution in [0.15, 0.2) is 23.1 Å². The van der Waals surface area contributed by atoms with Crippen molar-refractivity contribution in [2.24, 2.45) is 0 Å². The van der Waals surface area contributed by atoms with Gasteiger partial charge in [0.05, 0.1) is 23.3 Å². The van der Waals surface area contributed by atoms with E-state index in [0.29, 0.717) is 12.4 Å². The number of nitriles is 1. The molecule has 92 valence electrons. The predicted molar refractivity (Wildman–Crippen MR) is 64.3 cm³/mol. The molecule has 0 saturated carbocycles. The second-order valence-electron chi connectivity index (χ2n) is 3.45. The topological polar surface area (TPSA) is 93.2 Å². The molecule has 0 radical (unpaired) electrons. The Morgan fingerprint density at radius 2 is 2.18 bits per heavy atom. The van der Waals surface area contributed by atoms with Gasteiger partial charge in [-0.25, -0.2) is 8.42 Å². The molecule has 1 rings (SSSR count). The number of rotatable bonds is 4. The third kappa shape index (κ3) is 2.68. The second kappa shape index (κ2) is 5.06. The van der Waals surface area contributed by atoms with Crippen molar-refractivity contribution in [3.8, 4) is 11.8 Å². The summed E-state index contributed by atoms with van der Waals surface area (Å²) < 4.78 is 29.2. The van der Waals surface area contributed by atoms with E-state index in [0.717, 1.165) is 0 Å². The Morgan fingerprint density at radius 3 is 2.71 bits per heavy atom. The number of benzene rings is 1. The van der Waals surface area contributed by atoms with Gasteiger partial charge in [-0.2, -0.15) is 5.26 Å². The van der Waals surface area contributed by atoms with Crippen molar-refractivity contribution in [3.63, 3.8) is 0 Å². The van der Waals surface area contributed by atoms with Crippen LogP contribution in [0, 0.1) is 11.3 Å². The van der Waals surface area contributed by atoms with Crippen molar-refractivity contribution in [2.45, 2.75) is 24.0 Å². The molecular weight excluding hydrogens is 240 g/mol. The zero-order valence-electron chi connectivity index (χ0n) is 9.67. The first kappa shape index (κ1) is 13.3. The third-order valence-corrected chi connectivity index (χ3v) is 4.25. The number of ether oxygens (including phenoxy) is 1. The van der Waals surface area contributed by atoms with Crippen molar-refractivity contribution in [3.05, 3.63) is 18.2 Å². The smallest absolute Gasteiger partial charge is 0.196 e. The molecule has 0 bridgehead atoms. The molecule has 0 aromatic heterocycles. The number of nitrogens with zero attached hydrogens (tertiary/aromatic N) is 1. The maximum absolute atomic E-state index is 12.0. The highest BCUT2D eigenvalue weighted by Crippen LogP contribution is 2.27. The van der Waals surface area contributed by atoms with Crippen LogP contribution in [0.2, 0.25) is 0 Å². The summed E-state index contributed by atoms with van der Waals surface area (Å²) in [6.07, 6.45) is 0. The van der Waals surface area contributed by atoms with Gasteiger partial charge in [-0.15, -0.1) is 0 Å². The van der Waals surface area contributed by atoms with E-state index in [1.807, 2.05) is 0 Å². The molecule has 2 N–H and O–H groups in total. The number of hydrogen-bond acceptors (Lipinski definition) is 5. The first-order valence-corrected chi connectivity index (χ1v) is 6.64. The Hall–Kier alpha value is -1.74. The summed E-state index contributed by atoms with van der Waals surface area (Å²) in [6.45, 7) is 3.54. The molecule has 5 nitrogen and oxygen atoms in total. The Bertz CT molecular complexity index is 546.